The van der Waals surface area contributed by atoms with Crippen molar-refractivity contribution in [2.24, 2.45) is 20.0 Å². The van der Waals surface area contributed by atoms with Gasteiger partial charge in [0.05, 0.1) is 57.7 Å². The van der Waals surface area contributed by atoms with E-state index in [9.17, 15) is 4.79 Å². The lowest BCUT2D eigenvalue weighted by Gasteiger charge is -2.19. The van der Waals surface area contributed by atoms with Crippen molar-refractivity contribution in [2.75, 3.05) is 6.54 Å². The summed E-state index contributed by atoms with van der Waals surface area (Å²) in [5.41, 5.74) is 20.9. The van der Waals surface area contributed by atoms with Crippen molar-refractivity contribution < 1.29 is 14.8 Å². The first kappa shape index (κ1) is 47.7. The number of esters is 1. The van der Waals surface area contributed by atoms with E-state index in [1.54, 1.807) is 0 Å². The van der Waals surface area contributed by atoms with Gasteiger partial charge in [0.15, 0.2) is 0 Å². The van der Waals surface area contributed by atoms with E-state index in [0.717, 1.165) is 127 Å². The number of quaternary nitrogens is 1. The molecule has 0 radical (unpaired) electrons. The number of aromatic nitrogens is 2. The predicted molar refractivity (Wildman–Crippen MR) is 317 cm³/mol. The Labute approximate surface area is 458 Å². The Balaban J connectivity index is 0.838. The molecule has 79 heavy (non-hydrogen) atoms. The average Bonchev–Trinajstić information content (AvgIpc) is 4.35. The second kappa shape index (κ2) is 20.6. The highest BCUT2D eigenvalue weighted by molar-refractivity contribution is 6.43. The highest BCUT2D eigenvalue weighted by atomic mass is 16.5. The molecule has 5 aromatic carbocycles. The third kappa shape index (κ3) is 9.32. The molecule has 10 nitrogen and oxygen atoms in total. The van der Waals surface area contributed by atoms with E-state index < -0.39 is 0 Å². The van der Waals surface area contributed by atoms with Crippen molar-refractivity contribution in [2.45, 2.75) is 44.6 Å². The monoisotopic (exact) mass is 1030 g/mol. The molecule has 1 aromatic heterocycles. The highest BCUT2D eigenvalue weighted by Crippen LogP contribution is 2.43. The minimum Gasteiger partial charge on any atom is -0.462 e. The Hall–Kier alpha value is -9.77. The quantitative estimate of drug-likeness (QED) is 0.102. The van der Waals surface area contributed by atoms with Crippen LogP contribution in [0.15, 0.2) is 267 Å². The van der Waals surface area contributed by atoms with Crippen molar-refractivity contribution in [3.8, 4) is 0 Å². The number of fused-ring (bicyclic) bond motifs is 9. The van der Waals surface area contributed by atoms with Crippen LogP contribution in [0.1, 0.15) is 70.5 Å². The molecule has 1 aliphatic carbocycles. The van der Waals surface area contributed by atoms with Gasteiger partial charge in [0.2, 0.25) is 0 Å². The maximum absolute atomic E-state index is 13.4. The standard InChI is InChI=1S/C69H52N8O2/c78-61(24-14-5-15-37-77-38-33-45(34-39-77)44-31-35-70-36-32-44)79-52-40-50-42-59-60(43-51(50)41-52)75-69-67-65(49-22-12-4-13-23-49)58-30-28-56(73-58)63(47-18-8-2-9-19-47)54-26-25-53(71-54)62(46-16-6-1-7-17-46)55-27-29-57(72-55)64(48-20-10-3-11-21-48)66(76-67)68(69)74-59/h1-4,6-13,16-23,25-36,38-39,42-43,52,70H,5,14-15,24,37,40-41H2/p+1. The maximum atomic E-state index is 13.4. The molecular formula is C69H53N8O2+. The first-order valence-electron chi connectivity index (χ1n) is 27.2. The molecule has 8 bridgehead atoms. The number of unbranched alkanes of at least 4 members (excludes halogenated alkanes) is 2. The molecule has 14 rings (SSSR count). The second-order valence-electron chi connectivity index (χ2n) is 20.5. The Morgan fingerprint density at radius 1 is 0.494 bits per heavy atom. The zero-order valence-corrected chi connectivity index (χ0v) is 43.3. The number of ether oxygens (including phenoxy) is 1. The van der Waals surface area contributed by atoms with Crippen molar-refractivity contribution in [1.82, 2.24) is 14.9 Å². The molecule has 0 saturated carbocycles. The Morgan fingerprint density at radius 2 is 0.962 bits per heavy atom. The molecule has 380 valence electrons. The van der Waals surface area contributed by atoms with Crippen LogP contribution in [0.25, 0.3) is 39.0 Å². The van der Waals surface area contributed by atoms with Crippen LogP contribution in [-0.2, 0) is 22.4 Å². The summed E-state index contributed by atoms with van der Waals surface area (Å²) < 4.78 is 6.19. The predicted octanol–water partition coefficient (Wildman–Crippen LogP) is 12.4. The number of aliphatic imine (C=N–C) groups is 4. The zero-order valence-electron chi connectivity index (χ0n) is 43.3. The topological polar surface area (TPSA) is 121 Å². The van der Waals surface area contributed by atoms with Gasteiger partial charge in [-0.2, -0.15) is 0 Å². The van der Waals surface area contributed by atoms with E-state index in [4.69, 9.17) is 34.7 Å². The number of nitrogens with two attached hydrogens (primary N) is 1. The summed E-state index contributed by atoms with van der Waals surface area (Å²) >= 11 is 0. The summed E-state index contributed by atoms with van der Waals surface area (Å²) in [4.78, 5) is 48.9. The Kier molecular flexibility index (Phi) is 12.5. The van der Waals surface area contributed by atoms with Gasteiger partial charge in [-0.25, -0.2) is 29.9 Å². The molecule has 2 N–H and O–H groups in total. The van der Waals surface area contributed by atoms with Crippen LogP contribution in [0.4, 0.5) is 0 Å². The lowest BCUT2D eigenvalue weighted by atomic mass is 9.95. The first-order valence-corrected chi connectivity index (χ1v) is 27.2. The molecule has 6 aromatic rings. The largest absolute Gasteiger partial charge is 0.462 e. The molecule has 0 amide bonds. The minimum absolute atomic E-state index is 0.150. The summed E-state index contributed by atoms with van der Waals surface area (Å²) in [5, 5.41) is 2.04. The molecule has 8 aliphatic rings. The SMILES string of the molecule is O=C(CCCCCN1C=CC(=C2C=C[NH2+]C=C2)C=C1)OC1Cc2cc3nc4c(nc3cc2C1)C1=C(c2ccccc2)C2=NC(=C(c3ccccc3)C3=NC(=C(c5ccccc5)C5=NC(=C(c6ccccc6)C4=N1)C=C5)C=C3)C=C2. The van der Waals surface area contributed by atoms with Gasteiger partial charge < -0.3 is 9.64 Å². The van der Waals surface area contributed by atoms with E-state index in [0.29, 0.717) is 42.1 Å². The van der Waals surface area contributed by atoms with Crippen LogP contribution in [0.2, 0.25) is 0 Å². The minimum atomic E-state index is -0.257. The summed E-state index contributed by atoms with van der Waals surface area (Å²) in [6.07, 6.45) is 33.6. The van der Waals surface area contributed by atoms with Crippen LogP contribution in [0, 0.1) is 0 Å². The van der Waals surface area contributed by atoms with Crippen LogP contribution >= 0.6 is 0 Å². The molecule has 1 atom stereocenters. The summed E-state index contributed by atoms with van der Waals surface area (Å²) in [6, 6.07) is 45.7. The van der Waals surface area contributed by atoms with Crippen LogP contribution in [-0.4, -0.2) is 56.3 Å². The summed E-state index contributed by atoms with van der Waals surface area (Å²) in [6.45, 7) is 0.901. The van der Waals surface area contributed by atoms with Gasteiger partial charge in [-0.15, -0.1) is 0 Å². The second-order valence-corrected chi connectivity index (χ2v) is 20.5. The lowest BCUT2D eigenvalue weighted by molar-refractivity contribution is -0.515. The normalized spacial score (nSPS) is 18.6. The number of hydrogen-bond acceptors (Lipinski definition) is 9. The van der Waals surface area contributed by atoms with E-state index in [2.05, 4.69) is 175 Å². The molecule has 1 unspecified atom stereocenters. The summed E-state index contributed by atoms with van der Waals surface area (Å²) in [5.74, 6) is -0.150. The number of nitrogens with zero attached hydrogens (tertiary/aromatic N) is 7. The van der Waals surface area contributed by atoms with Gasteiger partial charge in [-0.05, 0) is 130 Å². The van der Waals surface area contributed by atoms with Crippen molar-refractivity contribution >= 4 is 67.8 Å². The van der Waals surface area contributed by atoms with Gasteiger partial charge >= 0.3 is 5.97 Å². The molecule has 0 fully saturated rings. The fraction of sp³-hybridized carbons (Fsp3) is 0.116. The van der Waals surface area contributed by atoms with Crippen molar-refractivity contribution in [3.63, 3.8) is 0 Å². The van der Waals surface area contributed by atoms with Crippen molar-refractivity contribution in [3.05, 3.63) is 292 Å². The van der Waals surface area contributed by atoms with Gasteiger partial charge in [0.1, 0.15) is 28.9 Å². The third-order valence-electron chi connectivity index (χ3n) is 15.3. The van der Waals surface area contributed by atoms with Gasteiger partial charge in [0, 0.05) is 60.5 Å². The number of benzene rings is 5. The van der Waals surface area contributed by atoms with Gasteiger partial charge in [-0.1, -0.05) is 128 Å². The first-order chi connectivity index (χ1) is 39.0. The molecule has 8 heterocycles. The lowest BCUT2D eigenvalue weighted by Crippen LogP contribution is -2.71. The number of hydrogen-bond donors (Lipinski definition) is 1. The average molecular weight is 1030 g/mol. The van der Waals surface area contributed by atoms with Crippen LogP contribution < -0.4 is 5.32 Å². The Bertz CT molecular complexity index is 4050. The van der Waals surface area contributed by atoms with E-state index in [1.165, 1.54) is 11.1 Å². The van der Waals surface area contributed by atoms with E-state index in [-0.39, 0.29) is 12.1 Å². The molecule has 7 aliphatic heterocycles. The number of rotatable bonds is 11. The van der Waals surface area contributed by atoms with Gasteiger partial charge in [0.25, 0.3) is 0 Å². The fourth-order valence-corrected chi connectivity index (χ4v) is 11.5. The Morgan fingerprint density at radius 3 is 1.51 bits per heavy atom. The molecule has 10 heteroatoms. The third-order valence-corrected chi connectivity index (χ3v) is 15.3. The number of allylic oxidation sites excluding steroid dienone is 16. The molecular weight excluding hydrogens is 973 g/mol. The van der Waals surface area contributed by atoms with Crippen molar-refractivity contribution in [1.29, 1.82) is 0 Å². The molecule has 0 spiro atoms. The highest BCUT2D eigenvalue weighted by Gasteiger charge is 2.35. The number of carbonyl (C=O) groups excluding carboxylic acids is 1. The van der Waals surface area contributed by atoms with Crippen LogP contribution in [0.5, 0.6) is 0 Å². The summed E-state index contributed by atoms with van der Waals surface area (Å²) in [7, 11) is 0. The van der Waals surface area contributed by atoms with E-state index in [1.807, 2.05) is 53.8 Å². The van der Waals surface area contributed by atoms with E-state index >= 15 is 0 Å². The fourth-order valence-electron chi connectivity index (χ4n) is 11.5. The van der Waals surface area contributed by atoms with Crippen LogP contribution in [0.3, 0.4) is 0 Å². The van der Waals surface area contributed by atoms with Gasteiger partial charge in [-0.3, -0.25) is 10.1 Å². The zero-order chi connectivity index (χ0) is 52.7. The number of carbonyl (C=O) groups is 1. The maximum Gasteiger partial charge on any atom is 0.306 e. The molecule has 0 saturated heterocycles. The smallest absolute Gasteiger partial charge is 0.306 e.